The number of carbonyl (C=O) groups excluding carboxylic acids is 2. The number of para-hydroxylation sites is 1. The monoisotopic (exact) mass is 444 g/mol. The lowest BCUT2D eigenvalue weighted by molar-refractivity contribution is -0.122. The van der Waals surface area contributed by atoms with E-state index in [2.05, 4.69) is 5.32 Å². The number of rotatable bonds is 8. The van der Waals surface area contributed by atoms with Gasteiger partial charge in [-0.2, -0.15) is 0 Å². The Hall–Kier alpha value is -2.44. The molecule has 0 aliphatic heterocycles. The zero-order valence-corrected chi connectivity index (χ0v) is 18.8. The molecule has 1 heterocycles. The number of benzene rings is 2. The van der Waals surface area contributed by atoms with Crippen LogP contribution < -0.4 is 5.32 Å². The average Bonchev–Trinajstić information content (AvgIpc) is 3.09. The minimum absolute atomic E-state index is 0.00563. The van der Waals surface area contributed by atoms with Gasteiger partial charge in [-0.1, -0.05) is 29.8 Å². The lowest BCUT2D eigenvalue weighted by Gasteiger charge is -2.20. The maximum Gasteiger partial charge on any atom is 0.290 e. The van der Waals surface area contributed by atoms with Crippen molar-refractivity contribution in [2.24, 2.45) is 0 Å². The summed E-state index contributed by atoms with van der Waals surface area (Å²) in [5.74, 6) is 0.389. The third-order valence-electron chi connectivity index (χ3n) is 4.54. The van der Waals surface area contributed by atoms with Crippen LogP contribution in [0.3, 0.4) is 0 Å². The first-order chi connectivity index (χ1) is 14.4. The van der Waals surface area contributed by atoms with Gasteiger partial charge in [-0.05, 0) is 51.1 Å². The van der Waals surface area contributed by atoms with Crippen LogP contribution in [-0.4, -0.2) is 35.8 Å². The molecule has 2 aromatic carbocycles. The quantitative estimate of drug-likeness (QED) is 0.475. The van der Waals surface area contributed by atoms with E-state index in [1.165, 1.54) is 4.90 Å². The maximum atomic E-state index is 13.3. The van der Waals surface area contributed by atoms with Gasteiger partial charge in [0, 0.05) is 39.2 Å². The van der Waals surface area contributed by atoms with E-state index in [9.17, 15) is 9.59 Å². The SMILES string of the molecule is CCN(CC(=O)NC(C)C)C(=O)c1oc2ccccc2c1CSc1ccc(Cl)cc1. The zero-order valence-electron chi connectivity index (χ0n) is 17.3. The number of likely N-dealkylation sites (N-methyl/N-ethyl adjacent to an activating group) is 1. The van der Waals surface area contributed by atoms with Crippen molar-refractivity contribution in [3.05, 3.63) is 64.9 Å². The molecule has 2 amide bonds. The predicted molar refractivity (Wildman–Crippen MR) is 122 cm³/mol. The van der Waals surface area contributed by atoms with Crippen molar-refractivity contribution in [1.82, 2.24) is 10.2 Å². The van der Waals surface area contributed by atoms with E-state index in [-0.39, 0.29) is 30.2 Å². The molecule has 0 fully saturated rings. The van der Waals surface area contributed by atoms with Crippen LogP contribution in [0.5, 0.6) is 0 Å². The van der Waals surface area contributed by atoms with Gasteiger partial charge in [-0.3, -0.25) is 9.59 Å². The lowest BCUT2D eigenvalue weighted by Crippen LogP contribution is -2.42. The van der Waals surface area contributed by atoms with Gasteiger partial charge < -0.3 is 14.6 Å². The van der Waals surface area contributed by atoms with E-state index in [1.807, 2.05) is 69.3 Å². The molecular weight excluding hydrogens is 420 g/mol. The molecule has 0 saturated heterocycles. The van der Waals surface area contributed by atoms with Crippen molar-refractivity contribution in [3.8, 4) is 0 Å². The Labute approximate surface area is 185 Å². The van der Waals surface area contributed by atoms with Gasteiger partial charge in [0.05, 0.1) is 6.54 Å². The van der Waals surface area contributed by atoms with Crippen molar-refractivity contribution >= 4 is 46.1 Å². The van der Waals surface area contributed by atoms with Crippen molar-refractivity contribution in [3.63, 3.8) is 0 Å². The Balaban J connectivity index is 1.88. The molecule has 5 nitrogen and oxygen atoms in total. The topological polar surface area (TPSA) is 62.6 Å². The highest BCUT2D eigenvalue weighted by Crippen LogP contribution is 2.33. The molecule has 0 radical (unpaired) electrons. The molecule has 0 aliphatic carbocycles. The molecule has 0 saturated carbocycles. The third kappa shape index (κ3) is 5.37. The number of hydrogen-bond acceptors (Lipinski definition) is 4. The van der Waals surface area contributed by atoms with Crippen LogP contribution in [0.25, 0.3) is 11.0 Å². The van der Waals surface area contributed by atoms with E-state index in [0.717, 1.165) is 15.8 Å². The van der Waals surface area contributed by atoms with Crippen LogP contribution >= 0.6 is 23.4 Å². The van der Waals surface area contributed by atoms with Gasteiger partial charge in [0.1, 0.15) is 5.58 Å². The summed E-state index contributed by atoms with van der Waals surface area (Å²) in [4.78, 5) is 28.0. The van der Waals surface area contributed by atoms with Gasteiger partial charge in [0.15, 0.2) is 5.76 Å². The molecule has 1 N–H and O–H groups in total. The summed E-state index contributed by atoms with van der Waals surface area (Å²) in [6.07, 6.45) is 0. The summed E-state index contributed by atoms with van der Waals surface area (Å²) in [6, 6.07) is 15.2. The minimum Gasteiger partial charge on any atom is -0.451 e. The number of carbonyl (C=O) groups is 2. The Morgan fingerprint density at radius 1 is 1.13 bits per heavy atom. The number of thioether (sulfide) groups is 1. The van der Waals surface area contributed by atoms with Crippen molar-refractivity contribution in [2.75, 3.05) is 13.1 Å². The second-order valence-electron chi connectivity index (χ2n) is 7.19. The number of fused-ring (bicyclic) bond motifs is 1. The highest BCUT2D eigenvalue weighted by atomic mass is 35.5. The van der Waals surface area contributed by atoms with Gasteiger partial charge in [-0.15, -0.1) is 11.8 Å². The molecule has 3 aromatic rings. The van der Waals surface area contributed by atoms with Crippen LogP contribution in [-0.2, 0) is 10.5 Å². The second kappa shape index (κ2) is 10.0. The maximum absolute atomic E-state index is 13.3. The fourth-order valence-electron chi connectivity index (χ4n) is 3.11. The first-order valence-corrected chi connectivity index (χ1v) is 11.2. The normalized spacial score (nSPS) is 11.1. The molecule has 0 spiro atoms. The number of amides is 2. The van der Waals surface area contributed by atoms with Crippen LogP contribution in [0.15, 0.2) is 57.8 Å². The molecule has 7 heteroatoms. The summed E-state index contributed by atoms with van der Waals surface area (Å²) in [5, 5.41) is 4.42. The second-order valence-corrected chi connectivity index (χ2v) is 8.68. The third-order valence-corrected chi connectivity index (χ3v) is 5.83. The zero-order chi connectivity index (χ0) is 21.7. The van der Waals surface area contributed by atoms with Crippen LogP contribution in [0.1, 0.15) is 36.9 Å². The van der Waals surface area contributed by atoms with E-state index < -0.39 is 0 Å². The van der Waals surface area contributed by atoms with Gasteiger partial charge >= 0.3 is 0 Å². The molecule has 158 valence electrons. The summed E-state index contributed by atoms with van der Waals surface area (Å²) in [5.41, 5.74) is 1.49. The highest BCUT2D eigenvalue weighted by molar-refractivity contribution is 7.98. The molecular formula is C23H25ClN2O3S. The van der Waals surface area contributed by atoms with Crippen LogP contribution in [0.4, 0.5) is 0 Å². The van der Waals surface area contributed by atoms with Crippen molar-refractivity contribution < 1.29 is 14.0 Å². The summed E-state index contributed by atoms with van der Waals surface area (Å²) < 4.78 is 5.96. The fraction of sp³-hybridized carbons (Fsp3) is 0.304. The predicted octanol–water partition coefficient (Wildman–Crippen LogP) is 5.37. The number of furan rings is 1. The average molecular weight is 445 g/mol. The largest absolute Gasteiger partial charge is 0.451 e. The molecule has 0 aliphatic rings. The number of halogens is 1. The molecule has 0 atom stereocenters. The molecule has 0 unspecified atom stereocenters. The molecule has 0 bridgehead atoms. The Morgan fingerprint density at radius 2 is 1.83 bits per heavy atom. The van der Waals surface area contributed by atoms with E-state index in [4.69, 9.17) is 16.0 Å². The standard InChI is InChI=1S/C23H25ClN2O3S/c1-4-26(13-21(27)25-15(2)3)23(28)22-19(18-7-5-6-8-20(18)29-22)14-30-17-11-9-16(24)10-12-17/h5-12,15H,4,13-14H2,1-3H3,(H,25,27). The van der Waals surface area contributed by atoms with Crippen LogP contribution in [0, 0.1) is 0 Å². The van der Waals surface area contributed by atoms with E-state index in [0.29, 0.717) is 22.9 Å². The molecule has 3 rings (SSSR count). The first kappa shape index (κ1) is 22.2. The summed E-state index contributed by atoms with van der Waals surface area (Å²) in [7, 11) is 0. The molecule has 30 heavy (non-hydrogen) atoms. The Bertz CT molecular complexity index is 1030. The van der Waals surface area contributed by atoms with Gasteiger partial charge in [0.25, 0.3) is 5.91 Å². The summed E-state index contributed by atoms with van der Waals surface area (Å²) in [6.45, 7) is 6.04. The van der Waals surface area contributed by atoms with E-state index in [1.54, 1.807) is 11.8 Å². The Morgan fingerprint density at radius 3 is 2.50 bits per heavy atom. The highest BCUT2D eigenvalue weighted by Gasteiger charge is 2.26. The lowest BCUT2D eigenvalue weighted by atomic mass is 10.1. The van der Waals surface area contributed by atoms with E-state index >= 15 is 0 Å². The Kier molecular flexibility index (Phi) is 7.45. The molecule has 1 aromatic heterocycles. The number of hydrogen-bond donors (Lipinski definition) is 1. The smallest absolute Gasteiger partial charge is 0.290 e. The minimum atomic E-state index is -0.278. The van der Waals surface area contributed by atoms with Gasteiger partial charge in [-0.25, -0.2) is 0 Å². The van der Waals surface area contributed by atoms with Crippen molar-refractivity contribution in [1.29, 1.82) is 0 Å². The van der Waals surface area contributed by atoms with Crippen LogP contribution in [0.2, 0.25) is 5.02 Å². The van der Waals surface area contributed by atoms with Gasteiger partial charge in [0.2, 0.25) is 5.91 Å². The number of nitrogens with zero attached hydrogens (tertiary/aromatic N) is 1. The fourth-order valence-corrected chi connectivity index (χ4v) is 4.17. The van der Waals surface area contributed by atoms with Crippen molar-refractivity contribution in [2.45, 2.75) is 37.5 Å². The summed E-state index contributed by atoms with van der Waals surface area (Å²) >= 11 is 7.58. The first-order valence-electron chi connectivity index (χ1n) is 9.86. The number of nitrogens with one attached hydrogen (secondary N) is 1.